The van der Waals surface area contributed by atoms with Crippen molar-refractivity contribution in [2.24, 2.45) is 0 Å². The Labute approximate surface area is 150 Å². The van der Waals surface area contributed by atoms with Gasteiger partial charge in [0, 0.05) is 25.3 Å². The maximum Gasteiger partial charge on any atom is 0.250 e. The molecule has 1 amide bonds. The van der Waals surface area contributed by atoms with Gasteiger partial charge >= 0.3 is 0 Å². The second-order valence-corrected chi connectivity index (χ2v) is 5.58. The summed E-state index contributed by atoms with van der Waals surface area (Å²) in [5, 5.41) is 19.8. The van der Waals surface area contributed by atoms with Gasteiger partial charge in [-0.2, -0.15) is 0 Å². The van der Waals surface area contributed by atoms with Gasteiger partial charge in [-0.25, -0.2) is 0 Å². The fourth-order valence-corrected chi connectivity index (χ4v) is 2.49. The van der Waals surface area contributed by atoms with Crippen LogP contribution >= 0.6 is 0 Å². The van der Waals surface area contributed by atoms with Crippen LogP contribution in [-0.4, -0.2) is 36.6 Å². The summed E-state index contributed by atoms with van der Waals surface area (Å²) in [5.41, 5.74) is 1.01. The highest BCUT2D eigenvalue weighted by Crippen LogP contribution is 2.41. The zero-order valence-electron chi connectivity index (χ0n) is 14.4. The fraction of sp³-hybridized carbons (Fsp3) is 0.211. The van der Waals surface area contributed by atoms with Gasteiger partial charge in [0.05, 0.1) is 12.3 Å². The highest BCUT2D eigenvalue weighted by atomic mass is 16.7. The van der Waals surface area contributed by atoms with E-state index in [1.807, 2.05) is 6.92 Å². The first-order valence-electron chi connectivity index (χ1n) is 8.03. The Morgan fingerprint density at radius 3 is 2.65 bits per heavy atom. The molecule has 7 heteroatoms. The maximum absolute atomic E-state index is 12.4. The van der Waals surface area contributed by atoms with Crippen LogP contribution in [0.4, 0.5) is 5.69 Å². The van der Waals surface area contributed by atoms with Gasteiger partial charge in [-0.3, -0.25) is 4.79 Å². The number of anilines is 1. The van der Waals surface area contributed by atoms with Crippen molar-refractivity contribution in [3.63, 3.8) is 0 Å². The van der Waals surface area contributed by atoms with E-state index in [0.29, 0.717) is 35.1 Å². The van der Waals surface area contributed by atoms with Gasteiger partial charge in [0.1, 0.15) is 5.75 Å². The Morgan fingerprint density at radius 1 is 1.19 bits per heavy atom. The molecule has 2 aromatic carbocycles. The first kappa shape index (κ1) is 17.5. The zero-order valence-corrected chi connectivity index (χ0v) is 14.4. The van der Waals surface area contributed by atoms with E-state index in [-0.39, 0.29) is 24.2 Å². The fourth-order valence-electron chi connectivity index (χ4n) is 2.49. The Balaban J connectivity index is 1.77. The highest BCUT2D eigenvalue weighted by Gasteiger charge is 2.20. The van der Waals surface area contributed by atoms with Crippen LogP contribution < -0.4 is 19.1 Å². The third-order valence-corrected chi connectivity index (χ3v) is 3.86. The number of hydrogen-bond donors (Lipinski definition) is 2. The lowest BCUT2D eigenvalue weighted by atomic mass is 10.2. The van der Waals surface area contributed by atoms with Crippen LogP contribution in [0, 0.1) is 0 Å². The number of phenols is 2. The van der Waals surface area contributed by atoms with Gasteiger partial charge in [0.2, 0.25) is 6.79 Å². The number of carbonyl (C=O) groups is 1. The summed E-state index contributed by atoms with van der Waals surface area (Å²) in [4.78, 5) is 13.7. The molecule has 1 heterocycles. The van der Waals surface area contributed by atoms with Crippen molar-refractivity contribution >= 4 is 17.7 Å². The number of benzene rings is 2. The van der Waals surface area contributed by atoms with Crippen LogP contribution in [-0.2, 0) is 4.79 Å². The van der Waals surface area contributed by atoms with E-state index in [9.17, 15) is 15.0 Å². The molecular formula is C19H19NO6. The molecule has 26 heavy (non-hydrogen) atoms. The molecule has 1 aliphatic rings. The second-order valence-electron chi connectivity index (χ2n) is 5.58. The van der Waals surface area contributed by atoms with Gasteiger partial charge < -0.3 is 29.3 Å². The third kappa shape index (κ3) is 3.51. The van der Waals surface area contributed by atoms with E-state index in [1.165, 1.54) is 23.1 Å². The molecule has 0 fully saturated rings. The monoisotopic (exact) mass is 357 g/mol. The molecule has 0 aliphatic carbocycles. The number of nitrogens with zero attached hydrogens (tertiary/aromatic N) is 1. The number of fused-ring (bicyclic) bond motifs is 1. The topological polar surface area (TPSA) is 88.5 Å². The normalized spacial score (nSPS) is 12.4. The van der Waals surface area contributed by atoms with Crippen molar-refractivity contribution in [1.82, 2.24) is 0 Å². The van der Waals surface area contributed by atoms with Crippen molar-refractivity contribution in [2.75, 3.05) is 25.3 Å². The molecule has 2 N–H and O–H groups in total. The molecule has 0 bridgehead atoms. The molecule has 0 atom stereocenters. The number of hydrogen-bond acceptors (Lipinski definition) is 6. The summed E-state index contributed by atoms with van der Waals surface area (Å²) in [6, 6.07) is 7.78. The molecule has 0 saturated heterocycles. The Morgan fingerprint density at radius 2 is 1.92 bits per heavy atom. The van der Waals surface area contributed by atoms with Gasteiger partial charge in [-0.1, -0.05) is 6.07 Å². The first-order valence-corrected chi connectivity index (χ1v) is 8.03. The number of carbonyl (C=O) groups excluding carboxylic acids is 1. The molecule has 2 aromatic rings. The van der Waals surface area contributed by atoms with Crippen LogP contribution in [0.3, 0.4) is 0 Å². The molecule has 136 valence electrons. The average molecular weight is 357 g/mol. The summed E-state index contributed by atoms with van der Waals surface area (Å²) in [5.74, 6) is 0.880. The van der Waals surface area contributed by atoms with Gasteiger partial charge in [-0.05, 0) is 30.7 Å². The van der Waals surface area contributed by atoms with Crippen molar-refractivity contribution in [1.29, 1.82) is 0 Å². The van der Waals surface area contributed by atoms with Gasteiger partial charge in [-0.15, -0.1) is 0 Å². The third-order valence-electron chi connectivity index (χ3n) is 3.86. The summed E-state index contributed by atoms with van der Waals surface area (Å²) in [6.45, 7) is 2.32. The highest BCUT2D eigenvalue weighted by molar-refractivity contribution is 6.04. The number of likely N-dealkylation sites (N-methyl/N-ethyl adjacent to an activating group) is 1. The van der Waals surface area contributed by atoms with Gasteiger partial charge in [0.25, 0.3) is 5.91 Å². The van der Waals surface area contributed by atoms with Crippen LogP contribution in [0.2, 0.25) is 0 Å². The van der Waals surface area contributed by atoms with Crippen LogP contribution in [0.25, 0.3) is 6.08 Å². The lowest BCUT2D eigenvalue weighted by Gasteiger charge is -2.17. The number of amides is 1. The van der Waals surface area contributed by atoms with E-state index in [2.05, 4.69) is 0 Å². The molecule has 7 nitrogen and oxygen atoms in total. The minimum atomic E-state index is -0.342. The lowest BCUT2D eigenvalue weighted by molar-refractivity contribution is -0.113. The van der Waals surface area contributed by atoms with E-state index in [1.54, 1.807) is 31.3 Å². The number of ether oxygens (including phenoxy) is 3. The van der Waals surface area contributed by atoms with Crippen molar-refractivity contribution in [3.05, 3.63) is 42.0 Å². The zero-order chi connectivity index (χ0) is 18.7. The predicted octanol–water partition coefficient (Wildman–Crippen LogP) is 2.90. The van der Waals surface area contributed by atoms with E-state index in [4.69, 9.17) is 14.2 Å². The number of aromatic hydroxyl groups is 2. The molecule has 0 unspecified atom stereocenters. The Hall–Kier alpha value is -3.35. The average Bonchev–Trinajstić information content (AvgIpc) is 3.08. The molecule has 0 radical (unpaired) electrons. The van der Waals surface area contributed by atoms with Crippen LogP contribution in [0.5, 0.6) is 28.7 Å². The van der Waals surface area contributed by atoms with Crippen LogP contribution in [0.1, 0.15) is 12.5 Å². The summed E-state index contributed by atoms with van der Waals surface area (Å²) < 4.78 is 15.8. The molecule has 1 aliphatic heterocycles. The van der Waals surface area contributed by atoms with E-state index in [0.717, 1.165) is 0 Å². The molecule has 0 saturated carbocycles. The maximum atomic E-state index is 12.4. The standard InChI is InChI=1S/C19H19NO6/c1-3-24-16-8-12(4-6-14(16)21)5-7-19(23)20(2)13-9-17-18(10-15(13)22)26-11-25-17/h4-10,21-22H,3,11H2,1-2H3/b7-5+. The Bertz CT molecular complexity index is 861. The smallest absolute Gasteiger partial charge is 0.250 e. The van der Waals surface area contributed by atoms with Crippen molar-refractivity contribution in [2.45, 2.75) is 6.92 Å². The van der Waals surface area contributed by atoms with Crippen LogP contribution in [0.15, 0.2) is 36.4 Å². The number of rotatable bonds is 5. The first-order chi connectivity index (χ1) is 12.5. The molecule has 0 aromatic heterocycles. The molecule has 0 spiro atoms. The Kier molecular flexibility index (Phi) is 4.88. The van der Waals surface area contributed by atoms with Crippen molar-refractivity contribution < 1.29 is 29.2 Å². The predicted molar refractivity (Wildman–Crippen MR) is 95.9 cm³/mol. The summed E-state index contributed by atoms with van der Waals surface area (Å²) in [7, 11) is 1.55. The van der Waals surface area contributed by atoms with E-state index >= 15 is 0 Å². The minimum absolute atomic E-state index is 0.0396. The van der Waals surface area contributed by atoms with Crippen molar-refractivity contribution in [3.8, 4) is 28.7 Å². The minimum Gasteiger partial charge on any atom is -0.506 e. The summed E-state index contributed by atoms with van der Waals surface area (Å²) in [6.07, 6.45) is 2.97. The van der Waals surface area contributed by atoms with Gasteiger partial charge in [0.15, 0.2) is 23.0 Å². The molecule has 3 rings (SSSR count). The number of phenolic OH excluding ortho intramolecular Hbond substituents is 2. The molecular weight excluding hydrogens is 338 g/mol. The quantitative estimate of drug-likeness (QED) is 0.800. The second kappa shape index (κ2) is 7.26. The van der Waals surface area contributed by atoms with E-state index < -0.39 is 0 Å². The largest absolute Gasteiger partial charge is 0.506 e. The summed E-state index contributed by atoms with van der Waals surface area (Å²) >= 11 is 0. The lowest BCUT2D eigenvalue weighted by Crippen LogP contribution is -2.24. The SMILES string of the molecule is CCOc1cc(/C=C/C(=O)N(C)c2cc3c(cc2O)OCO3)ccc1O.